The molecule has 0 saturated carbocycles. The zero-order valence-electron chi connectivity index (χ0n) is 17.1. The lowest BCUT2D eigenvalue weighted by atomic mass is 10.1. The molecule has 3 aromatic carbocycles. The van der Waals surface area contributed by atoms with Gasteiger partial charge in [-0.15, -0.1) is 11.8 Å². The molecule has 2 amide bonds. The molecule has 3 aromatic rings. The molecule has 0 aliphatic carbocycles. The van der Waals surface area contributed by atoms with Crippen LogP contribution < -0.4 is 15.0 Å². The number of carbonyl (C=O) groups is 2. The Morgan fingerprint density at radius 1 is 1.13 bits per heavy atom. The average molecular weight is 437 g/mol. The van der Waals surface area contributed by atoms with E-state index >= 15 is 0 Å². The van der Waals surface area contributed by atoms with Crippen LogP contribution in [0.25, 0.3) is 0 Å². The maximum absolute atomic E-state index is 14.1. The summed E-state index contributed by atoms with van der Waals surface area (Å²) in [7, 11) is 1.57. The number of hydrogen-bond donors (Lipinski definition) is 1. The van der Waals surface area contributed by atoms with Gasteiger partial charge in [0.1, 0.15) is 16.9 Å². The largest absolute Gasteiger partial charge is 0.497 e. The monoisotopic (exact) mass is 436 g/mol. The molecule has 1 atom stereocenters. The van der Waals surface area contributed by atoms with Crippen LogP contribution in [-0.4, -0.2) is 24.7 Å². The third-order valence-corrected chi connectivity index (χ3v) is 6.36. The van der Waals surface area contributed by atoms with Crippen molar-refractivity contribution in [3.05, 3.63) is 89.2 Å². The summed E-state index contributed by atoms with van der Waals surface area (Å²) >= 11 is 1.48. The standard InChI is InChI=1S/C24H21FN2O3S/c1-15-20(25)7-4-8-21(15)27-22(28)14-31-24(27)17-5-3-6-18(13-17)26-23(29)16-9-11-19(30-2)12-10-16/h3-13,24H,14H2,1-2H3,(H,26,29)/t24-/m1/s1. The Morgan fingerprint density at radius 3 is 2.61 bits per heavy atom. The molecule has 4 rings (SSSR count). The van der Waals surface area contributed by atoms with Crippen molar-refractivity contribution in [1.29, 1.82) is 0 Å². The van der Waals surface area contributed by atoms with Crippen LogP contribution in [-0.2, 0) is 4.79 Å². The number of ether oxygens (including phenoxy) is 1. The van der Waals surface area contributed by atoms with Crippen LogP contribution in [0.4, 0.5) is 15.8 Å². The smallest absolute Gasteiger partial charge is 0.255 e. The summed E-state index contributed by atoms with van der Waals surface area (Å²) in [6, 6.07) is 19.0. The Balaban J connectivity index is 1.58. The highest BCUT2D eigenvalue weighted by molar-refractivity contribution is 8.00. The lowest BCUT2D eigenvalue weighted by Gasteiger charge is -2.26. The van der Waals surface area contributed by atoms with Crippen molar-refractivity contribution in [2.45, 2.75) is 12.3 Å². The Bertz CT molecular complexity index is 1130. The van der Waals surface area contributed by atoms with Crippen molar-refractivity contribution in [3.63, 3.8) is 0 Å². The third kappa shape index (κ3) is 4.27. The second-order valence-electron chi connectivity index (χ2n) is 7.12. The number of thioether (sulfide) groups is 1. The van der Waals surface area contributed by atoms with Crippen LogP contribution in [0.2, 0.25) is 0 Å². The molecule has 1 heterocycles. The molecule has 158 valence electrons. The molecule has 1 N–H and O–H groups in total. The molecule has 1 fully saturated rings. The van der Waals surface area contributed by atoms with Gasteiger partial charge in [-0.25, -0.2) is 4.39 Å². The van der Waals surface area contributed by atoms with E-state index in [-0.39, 0.29) is 23.0 Å². The number of nitrogens with one attached hydrogen (secondary N) is 1. The second kappa shape index (κ2) is 8.81. The summed E-state index contributed by atoms with van der Waals surface area (Å²) in [5.74, 6) is 0.322. The molecular weight excluding hydrogens is 415 g/mol. The second-order valence-corrected chi connectivity index (χ2v) is 8.19. The van der Waals surface area contributed by atoms with Crippen molar-refractivity contribution in [3.8, 4) is 5.75 Å². The fraction of sp³-hybridized carbons (Fsp3) is 0.167. The summed E-state index contributed by atoms with van der Waals surface area (Å²) in [6.07, 6.45) is 0. The van der Waals surface area contributed by atoms with Crippen molar-refractivity contribution >= 4 is 35.0 Å². The lowest BCUT2D eigenvalue weighted by Crippen LogP contribution is -2.28. The Hall–Kier alpha value is -3.32. The number of rotatable bonds is 5. The first-order chi connectivity index (χ1) is 15.0. The van der Waals surface area contributed by atoms with Crippen LogP contribution >= 0.6 is 11.8 Å². The Morgan fingerprint density at radius 2 is 1.87 bits per heavy atom. The van der Waals surface area contributed by atoms with Gasteiger partial charge in [0.2, 0.25) is 5.91 Å². The summed E-state index contributed by atoms with van der Waals surface area (Å²) in [5, 5.41) is 2.59. The molecule has 0 unspecified atom stereocenters. The van der Waals surface area contributed by atoms with Crippen molar-refractivity contribution < 1.29 is 18.7 Å². The van der Waals surface area contributed by atoms with Crippen LogP contribution in [0.3, 0.4) is 0 Å². The van der Waals surface area contributed by atoms with Gasteiger partial charge < -0.3 is 10.1 Å². The molecule has 5 nitrogen and oxygen atoms in total. The normalized spacial score (nSPS) is 15.8. The van der Waals surface area contributed by atoms with Gasteiger partial charge in [0.15, 0.2) is 0 Å². The highest BCUT2D eigenvalue weighted by Gasteiger charge is 2.35. The van der Waals surface area contributed by atoms with Gasteiger partial charge in [-0.1, -0.05) is 18.2 Å². The number of benzene rings is 3. The highest BCUT2D eigenvalue weighted by Crippen LogP contribution is 2.43. The van der Waals surface area contributed by atoms with Gasteiger partial charge in [-0.2, -0.15) is 0 Å². The summed E-state index contributed by atoms with van der Waals surface area (Å²) in [5.41, 5.74) is 2.98. The topological polar surface area (TPSA) is 58.6 Å². The molecule has 0 radical (unpaired) electrons. The van der Waals surface area contributed by atoms with Crippen LogP contribution in [0.1, 0.15) is 26.9 Å². The van der Waals surface area contributed by atoms with Gasteiger partial charge in [0.05, 0.1) is 18.6 Å². The number of hydrogen-bond acceptors (Lipinski definition) is 4. The van der Waals surface area contributed by atoms with Crippen LogP contribution in [0, 0.1) is 12.7 Å². The number of methoxy groups -OCH3 is 1. The summed E-state index contributed by atoms with van der Waals surface area (Å²) in [6.45, 7) is 1.67. The molecule has 7 heteroatoms. The molecule has 0 spiro atoms. The zero-order valence-corrected chi connectivity index (χ0v) is 17.9. The predicted octanol–water partition coefficient (Wildman–Crippen LogP) is 5.17. The Labute approximate surface area is 184 Å². The summed E-state index contributed by atoms with van der Waals surface area (Å²) < 4.78 is 19.2. The number of carbonyl (C=O) groups excluding carboxylic acids is 2. The number of anilines is 2. The Kier molecular flexibility index (Phi) is 5.95. The van der Waals surface area contributed by atoms with E-state index in [1.54, 1.807) is 61.4 Å². The quantitative estimate of drug-likeness (QED) is 0.599. The minimum Gasteiger partial charge on any atom is -0.497 e. The van der Waals surface area contributed by atoms with E-state index < -0.39 is 0 Å². The van der Waals surface area contributed by atoms with Gasteiger partial charge >= 0.3 is 0 Å². The van der Waals surface area contributed by atoms with Gasteiger partial charge in [0.25, 0.3) is 5.91 Å². The first kappa shape index (κ1) is 20.9. The number of amides is 2. The SMILES string of the molecule is COc1ccc(C(=O)Nc2cccc([C@H]3SCC(=O)N3c3cccc(F)c3C)c2)cc1. The van der Waals surface area contributed by atoms with Gasteiger partial charge in [-0.3, -0.25) is 14.5 Å². The first-order valence-electron chi connectivity index (χ1n) is 9.72. The van der Waals surface area contributed by atoms with E-state index in [0.29, 0.717) is 34.0 Å². The number of halogens is 1. The van der Waals surface area contributed by atoms with E-state index in [0.717, 1.165) is 5.56 Å². The first-order valence-corrected chi connectivity index (χ1v) is 10.8. The average Bonchev–Trinajstić information content (AvgIpc) is 3.17. The zero-order chi connectivity index (χ0) is 22.0. The van der Waals surface area contributed by atoms with E-state index in [2.05, 4.69) is 5.32 Å². The van der Waals surface area contributed by atoms with Crippen molar-refractivity contribution in [2.75, 3.05) is 23.1 Å². The maximum atomic E-state index is 14.1. The van der Waals surface area contributed by atoms with E-state index in [4.69, 9.17) is 4.74 Å². The molecule has 1 saturated heterocycles. The van der Waals surface area contributed by atoms with Crippen molar-refractivity contribution in [2.24, 2.45) is 0 Å². The minimum absolute atomic E-state index is 0.0728. The fourth-order valence-electron chi connectivity index (χ4n) is 3.50. The maximum Gasteiger partial charge on any atom is 0.255 e. The molecule has 0 aromatic heterocycles. The van der Waals surface area contributed by atoms with Crippen LogP contribution in [0.15, 0.2) is 66.7 Å². The molecule has 31 heavy (non-hydrogen) atoms. The van der Waals surface area contributed by atoms with E-state index in [9.17, 15) is 14.0 Å². The number of nitrogens with zero attached hydrogens (tertiary/aromatic N) is 1. The molecule has 1 aliphatic rings. The molecule has 1 aliphatic heterocycles. The molecule has 0 bridgehead atoms. The van der Waals surface area contributed by atoms with E-state index in [1.165, 1.54) is 17.8 Å². The lowest BCUT2D eigenvalue weighted by molar-refractivity contribution is -0.115. The van der Waals surface area contributed by atoms with Gasteiger partial charge in [0, 0.05) is 16.8 Å². The third-order valence-electron chi connectivity index (χ3n) is 5.15. The van der Waals surface area contributed by atoms with E-state index in [1.807, 2.05) is 18.2 Å². The van der Waals surface area contributed by atoms with Gasteiger partial charge in [-0.05, 0) is 61.0 Å². The highest BCUT2D eigenvalue weighted by atomic mass is 32.2. The fourth-order valence-corrected chi connectivity index (χ4v) is 4.66. The predicted molar refractivity (Wildman–Crippen MR) is 121 cm³/mol. The minimum atomic E-state index is -0.346. The molecular formula is C24H21FN2O3S. The van der Waals surface area contributed by atoms with Crippen molar-refractivity contribution in [1.82, 2.24) is 0 Å². The summed E-state index contributed by atoms with van der Waals surface area (Å²) in [4.78, 5) is 26.9. The van der Waals surface area contributed by atoms with Crippen LogP contribution in [0.5, 0.6) is 5.75 Å².